The molecule has 0 aliphatic rings. The molecule has 2 heterocycles. The highest BCUT2D eigenvalue weighted by Crippen LogP contribution is 2.13. The van der Waals surface area contributed by atoms with Crippen LogP contribution in [0.5, 0.6) is 0 Å². The third kappa shape index (κ3) is 3.80. The van der Waals surface area contributed by atoms with Gasteiger partial charge >= 0.3 is 0 Å². The maximum atomic E-state index is 12.1. The van der Waals surface area contributed by atoms with Gasteiger partial charge < -0.3 is 10.6 Å². The van der Waals surface area contributed by atoms with Crippen LogP contribution in [0.15, 0.2) is 73.2 Å². The van der Waals surface area contributed by atoms with E-state index in [4.69, 9.17) is 0 Å². The van der Waals surface area contributed by atoms with Crippen LogP contribution < -0.4 is 10.6 Å². The molecular weight excluding hydrogens is 304 g/mol. The predicted octanol–water partition coefficient (Wildman–Crippen LogP) is 2.98. The minimum absolute atomic E-state index is 0.233. The lowest BCUT2D eigenvalue weighted by molar-refractivity contribution is 0.101. The summed E-state index contributed by atoms with van der Waals surface area (Å²) in [6.45, 7) is 0. The van der Waals surface area contributed by atoms with Crippen LogP contribution in [0.3, 0.4) is 0 Å². The minimum Gasteiger partial charge on any atom is -0.322 e. The quantitative estimate of drug-likeness (QED) is 0.774. The zero-order valence-corrected chi connectivity index (χ0v) is 12.6. The number of amides is 2. The van der Waals surface area contributed by atoms with E-state index in [1.807, 2.05) is 0 Å². The van der Waals surface area contributed by atoms with E-state index in [0.29, 0.717) is 22.6 Å². The molecule has 2 N–H and O–H groups in total. The standard InChI is InChI=1S/C18H14N4O2/c23-17(21-15-8-11-19-12-9-15)13-4-6-14(7-5-13)22-18(24)16-3-1-2-10-20-16/h1-12H,(H,22,24)(H,19,21,23). The fraction of sp³-hybridized carbons (Fsp3) is 0. The molecule has 6 heteroatoms. The predicted molar refractivity (Wildman–Crippen MR) is 90.8 cm³/mol. The maximum Gasteiger partial charge on any atom is 0.274 e. The van der Waals surface area contributed by atoms with Gasteiger partial charge in [-0.15, -0.1) is 0 Å². The molecule has 0 aliphatic heterocycles. The molecule has 0 saturated heterocycles. The van der Waals surface area contributed by atoms with Crippen LogP contribution in [-0.4, -0.2) is 21.8 Å². The number of rotatable bonds is 4. The normalized spacial score (nSPS) is 10.0. The first-order valence-corrected chi connectivity index (χ1v) is 7.26. The van der Waals surface area contributed by atoms with Crippen molar-refractivity contribution in [2.75, 3.05) is 10.6 Å². The molecule has 0 bridgehead atoms. The summed E-state index contributed by atoms with van der Waals surface area (Å²) in [4.78, 5) is 32.0. The number of benzene rings is 1. The molecule has 0 fully saturated rings. The van der Waals surface area contributed by atoms with Gasteiger partial charge in [0.15, 0.2) is 0 Å². The maximum absolute atomic E-state index is 12.1. The Labute approximate surface area is 138 Å². The Hall–Kier alpha value is -3.54. The summed E-state index contributed by atoms with van der Waals surface area (Å²) in [5.41, 5.74) is 2.08. The van der Waals surface area contributed by atoms with Gasteiger partial charge in [0, 0.05) is 35.5 Å². The van der Waals surface area contributed by atoms with Gasteiger partial charge in [-0.25, -0.2) is 0 Å². The molecule has 0 radical (unpaired) electrons. The second-order valence-corrected chi connectivity index (χ2v) is 4.94. The van der Waals surface area contributed by atoms with Crippen LogP contribution in [0.25, 0.3) is 0 Å². The van der Waals surface area contributed by atoms with Crippen molar-refractivity contribution in [1.82, 2.24) is 9.97 Å². The van der Waals surface area contributed by atoms with Crippen molar-refractivity contribution in [3.63, 3.8) is 0 Å². The van der Waals surface area contributed by atoms with Crippen molar-refractivity contribution in [2.24, 2.45) is 0 Å². The fourth-order valence-corrected chi connectivity index (χ4v) is 2.04. The van der Waals surface area contributed by atoms with Gasteiger partial charge in [0.25, 0.3) is 11.8 Å². The highest BCUT2D eigenvalue weighted by molar-refractivity contribution is 6.05. The van der Waals surface area contributed by atoms with E-state index in [9.17, 15) is 9.59 Å². The molecule has 1 aromatic carbocycles. The summed E-state index contributed by atoms with van der Waals surface area (Å²) in [5, 5.41) is 5.50. The highest BCUT2D eigenvalue weighted by Gasteiger charge is 2.09. The monoisotopic (exact) mass is 318 g/mol. The molecule has 24 heavy (non-hydrogen) atoms. The molecule has 0 atom stereocenters. The van der Waals surface area contributed by atoms with E-state index < -0.39 is 0 Å². The molecule has 3 aromatic rings. The first-order chi connectivity index (χ1) is 11.7. The Morgan fingerprint density at radius 2 is 1.38 bits per heavy atom. The molecule has 0 aliphatic carbocycles. The van der Waals surface area contributed by atoms with Gasteiger partial charge in [0.05, 0.1) is 0 Å². The summed E-state index contributed by atoms with van der Waals surface area (Å²) >= 11 is 0. The summed E-state index contributed by atoms with van der Waals surface area (Å²) in [7, 11) is 0. The molecule has 6 nitrogen and oxygen atoms in total. The zero-order valence-electron chi connectivity index (χ0n) is 12.6. The number of nitrogens with zero attached hydrogens (tertiary/aromatic N) is 2. The van der Waals surface area contributed by atoms with Gasteiger partial charge in [-0.05, 0) is 48.5 Å². The van der Waals surface area contributed by atoms with E-state index >= 15 is 0 Å². The highest BCUT2D eigenvalue weighted by atomic mass is 16.2. The van der Waals surface area contributed by atoms with Gasteiger partial charge in [0.1, 0.15) is 5.69 Å². The molecule has 2 amide bonds. The Morgan fingerprint density at radius 3 is 2.04 bits per heavy atom. The lowest BCUT2D eigenvalue weighted by Crippen LogP contribution is -2.14. The third-order valence-corrected chi connectivity index (χ3v) is 3.24. The van der Waals surface area contributed by atoms with Crippen molar-refractivity contribution < 1.29 is 9.59 Å². The largest absolute Gasteiger partial charge is 0.322 e. The van der Waals surface area contributed by atoms with E-state index in [1.165, 1.54) is 0 Å². The summed E-state index contributed by atoms with van der Waals surface area (Å²) in [6, 6.07) is 15.2. The first-order valence-electron chi connectivity index (χ1n) is 7.26. The summed E-state index contributed by atoms with van der Waals surface area (Å²) < 4.78 is 0. The molecule has 0 unspecified atom stereocenters. The topological polar surface area (TPSA) is 84.0 Å². The van der Waals surface area contributed by atoms with Gasteiger partial charge in [-0.3, -0.25) is 19.6 Å². The van der Waals surface area contributed by atoms with Crippen molar-refractivity contribution >= 4 is 23.2 Å². The van der Waals surface area contributed by atoms with Crippen molar-refractivity contribution in [1.29, 1.82) is 0 Å². The summed E-state index contributed by atoms with van der Waals surface area (Å²) in [6.07, 6.45) is 4.76. The average Bonchev–Trinajstić information content (AvgIpc) is 2.64. The first kappa shape index (κ1) is 15.4. The van der Waals surface area contributed by atoms with Crippen LogP contribution in [0.2, 0.25) is 0 Å². The number of aromatic nitrogens is 2. The fourth-order valence-electron chi connectivity index (χ4n) is 2.04. The zero-order chi connectivity index (χ0) is 16.8. The Bertz CT molecular complexity index is 834. The van der Waals surface area contributed by atoms with Crippen molar-refractivity contribution in [3.05, 3.63) is 84.4 Å². The second kappa shape index (κ2) is 7.15. The smallest absolute Gasteiger partial charge is 0.274 e. The lowest BCUT2D eigenvalue weighted by Gasteiger charge is -2.07. The van der Waals surface area contributed by atoms with Crippen LogP contribution >= 0.6 is 0 Å². The number of hydrogen-bond donors (Lipinski definition) is 2. The Morgan fingerprint density at radius 1 is 0.708 bits per heavy atom. The molecule has 3 rings (SSSR count). The minimum atomic E-state index is -0.301. The Kier molecular flexibility index (Phi) is 4.57. The Balaban J connectivity index is 1.65. The van der Waals surface area contributed by atoms with Gasteiger partial charge in [-0.2, -0.15) is 0 Å². The number of anilines is 2. The van der Waals surface area contributed by atoms with Crippen molar-refractivity contribution in [3.8, 4) is 0 Å². The molecule has 118 valence electrons. The number of carbonyl (C=O) groups excluding carboxylic acids is 2. The average molecular weight is 318 g/mol. The third-order valence-electron chi connectivity index (χ3n) is 3.24. The van der Waals surface area contributed by atoms with Gasteiger partial charge in [-0.1, -0.05) is 6.07 Å². The van der Waals surface area contributed by atoms with Gasteiger partial charge in [0.2, 0.25) is 0 Å². The number of nitrogens with one attached hydrogen (secondary N) is 2. The molecule has 0 saturated carbocycles. The SMILES string of the molecule is O=C(Nc1ccncc1)c1ccc(NC(=O)c2ccccn2)cc1. The molecular formula is C18H14N4O2. The van der Waals surface area contributed by atoms with Crippen LogP contribution in [-0.2, 0) is 0 Å². The van der Waals surface area contributed by atoms with Crippen LogP contribution in [0.1, 0.15) is 20.8 Å². The number of hydrogen-bond acceptors (Lipinski definition) is 4. The van der Waals surface area contributed by atoms with Crippen LogP contribution in [0.4, 0.5) is 11.4 Å². The lowest BCUT2D eigenvalue weighted by atomic mass is 10.2. The molecule has 0 spiro atoms. The summed E-state index contributed by atoms with van der Waals surface area (Å²) in [5.74, 6) is -0.534. The van der Waals surface area contributed by atoms with E-state index in [0.717, 1.165) is 0 Å². The number of carbonyl (C=O) groups is 2. The van der Waals surface area contributed by atoms with E-state index in [-0.39, 0.29) is 11.8 Å². The molecule has 2 aromatic heterocycles. The number of pyridine rings is 2. The van der Waals surface area contributed by atoms with E-state index in [2.05, 4.69) is 20.6 Å². The van der Waals surface area contributed by atoms with Crippen LogP contribution in [0, 0.1) is 0 Å². The second-order valence-electron chi connectivity index (χ2n) is 4.94. The van der Waals surface area contributed by atoms with Crippen molar-refractivity contribution in [2.45, 2.75) is 0 Å². The van der Waals surface area contributed by atoms with E-state index in [1.54, 1.807) is 73.2 Å².